The van der Waals surface area contributed by atoms with Gasteiger partial charge < -0.3 is 20.8 Å². The molecule has 46 heavy (non-hydrogen) atoms. The summed E-state index contributed by atoms with van der Waals surface area (Å²) < 4.78 is 0. The summed E-state index contributed by atoms with van der Waals surface area (Å²) in [4.78, 5) is 65.7. The molecule has 11 heteroatoms. The third kappa shape index (κ3) is 6.54. The summed E-state index contributed by atoms with van der Waals surface area (Å²) in [7, 11) is 0. The summed E-state index contributed by atoms with van der Waals surface area (Å²) in [5.41, 5.74) is 5.00. The highest BCUT2D eigenvalue weighted by Gasteiger charge is 2.44. The molecule has 3 aliphatic rings. The average molecular weight is 623 g/mol. The van der Waals surface area contributed by atoms with Gasteiger partial charge in [-0.1, -0.05) is 30.3 Å². The molecule has 1 fully saturated rings. The van der Waals surface area contributed by atoms with E-state index >= 15 is 0 Å². The molecule has 0 bridgehead atoms. The van der Waals surface area contributed by atoms with Crippen LogP contribution in [0.25, 0.3) is 5.57 Å². The summed E-state index contributed by atoms with van der Waals surface area (Å²) >= 11 is 0. The van der Waals surface area contributed by atoms with Crippen molar-refractivity contribution in [2.45, 2.75) is 57.2 Å². The van der Waals surface area contributed by atoms with E-state index in [0.29, 0.717) is 22.5 Å². The summed E-state index contributed by atoms with van der Waals surface area (Å²) in [6, 6.07) is 18.5. The average Bonchev–Trinajstić information content (AvgIpc) is 3.88. The number of amides is 5. The zero-order valence-electron chi connectivity index (χ0n) is 25.1. The van der Waals surface area contributed by atoms with Crippen molar-refractivity contribution in [3.8, 4) is 0 Å². The maximum absolute atomic E-state index is 13.8. The number of nitrogens with zero attached hydrogens (tertiary/aromatic N) is 2. The van der Waals surface area contributed by atoms with Crippen molar-refractivity contribution in [3.63, 3.8) is 0 Å². The molecule has 1 heterocycles. The normalized spacial score (nSPS) is 16.4. The number of imide groups is 1. The molecule has 0 saturated heterocycles. The monoisotopic (exact) mass is 622 g/mol. The van der Waals surface area contributed by atoms with Gasteiger partial charge in [0.25, 0.3) is 17.7 Å². The number of fused-ring (bicyclic) bond motifs is 1. The standard InChI is InChI=1S/C35H34N4O7/c40-30(34(44)45)19-36-31(41)24-8-6-21(7-9-24)20-38(26-13-10-23(11-14-26)22-4-2-1-3-5-22)35(46)37-25-12-17-28-29(18-25)33(43)39(32(28)42)27-15-16-27/h4,6-14,17-18,27,30,40H,1-3,5,15-16,19-20H2,(H,36,41)(H,37,46)(H,44,45)/t30-/m1/s1. The second-order valence-corrected chi connectivity index (χ2v) is 11.8. The van der Waals surface area contributed by atoms with Gasteiger partial charge in [-0.2, -0.15) is 0 Å². The van der Waals surface area contributed by atoms with E-state index in [-0.39, 0.29) is 35.5 Å². The van der Waals surface area contributed by atoms with E-state index < -0.39 is 30.6 Å². The number of rotatable bonds is 10. The first-order chi connectivity index (χ1) is 22.2. The molecule has 11 nitrogen and oxygen atoms in total. The third-order valence-corrected chi connectivity index (χ3v) is 8.47. The van der Waals surface area contributed by atoms with Crippen molar-refractivity contribution in [2.75, 3.05) is 16.8 Å². The molecule has 3 aromatic rings. The number of urea groups is 1. The summed E-state index contributed by atoms with van der Waals surface area (Å²) in [5, 5.41) is 23.5. The van der Waals surface area contributed by atoms with Gasteiger partial charge in [0.1, 0.15) is 0 Å². The van der Waals surface area contributed by atoms with E-state index in [1.54, 1.807) is 47.4 Å². The number of aliphatic hydroxyl groups is 1. The van der Waals surface area contributed by atoms with Crippen LogP contribution < -0.4 is 15.5 Å². The van der Waals surface area contributed by atoms with Crippen LogP contribution in [0, 0.1) is 0 Å². The van der Waals surface area contributed by atoms with Crippen LogP contribution in [0.2, 0.25) is 0 Å². The number of benzene rings is 3. The Bertz CT molecular complexity index is 1730. The van der Waals surface area contributed by atoms with Gasteiger partial charge in [0.15, 0.2) is 6.10 Å². The second kappa shape index (κ2) is 13.0. The first-order valence-corrected chi connectivity index (χ1v) is 15.4. The lowest BCUT2D eigenvalue weighted by molar-refractivity contribution is -0.146. The Balaban J connectivity index is 1.22. The molecule has 0 spiro atoms. The van der Waals surface area contributed by atoms with Crippen molar-refractivity contribution < 1.29 is 34.2 Å². The van der Waals surface area contributed by atoms with Crippen molar-refractivity contribution in [3.05, 3.63) is 101 Å². The topological polar surface area (TPSA) is 156 Å². The zero-order chi connectivity index (χ0) is 32.4. The zero-order valence-corrected chi connectivity index (χ0v) is 25.1. The van der Waals surface area contributed by atoms with Gasteiger partial charge in [0, 0.05) is 23.0 Å². The molecule has 3 aromatic carbocycles. The molecular formula is C35H34N4O7. The number of hydrogen-bond donors (Lipinski definition) is 4. The SMILES string of the molecule is O=C(NC[C@@H](O)C(=O)O)c1ccc(CN(C(=O)Nc2ccc3c(c2)C(=O)N(C2CC2)C3=O)c2ccc(C3=CCCCC3)cc2)cc1. The van der Waals surface area contributed by atoms with E-state index in [4.69, 9.17) is 5.11 Å². The molecule has 0 radical (unpaired) electrons. The van der Waals surface area contributed by atoms with Crippen LogP contribution in [-0.2, 0) is 11.3 Å². The van der Waals surface area contributed by atoms with Crippen LogP contribution in [0.4, 0.5) is 16.2 Å². The quantitative estimate of drug-likeness (QED) is 0.236. The minimum Gasteiger partial charge on any atom is -0.479 e. The molecule has 236 valence electrons. The minimum atomic E-state index is -1.71. The fourth-order valence-corrected chi connectivity index (χ4v) is 5.75. The number of hydrogen-bond acceptors (Lipinski definition) is 6. The maximum Gasteiger partial charge on any atom is 0.334 e. The first-order valence-electron chi connectivity index (χ1n) is 15.4. The lowest BCUT2D eigenvalue weighted by atomic mass is 9.93. The molecule has 1 aliphatic heterocycles. The van der Waals surface area contributed by atoms with Crippen LogP contribution in [0.3, 0.4) is 0 Å². The van der Waals surface area contributed by atoms with Crippen LogP contribution in [0.15, 0.2) is 72.8 Å². The Kier molecular flexibility index (Phi) is 8.67. The number of allylic oxidation sites excluding steroid dienone is 2. The van der Waals surface area contributed by atoms with Gasteiger partial charge in [0.05, 0.1) is 24.2 Å². The lowest BCUT2D eigenvalue weighted by Gasteiger charge is -2.24. The Hall–Kier alpha value is -5.29. The summed E-state index contributed by atoms with van der Waals surface area (Å²) in [6.07, 6.45) is 6.54. The number of carbonyl (C=O) groups is 5. The van der Waals surface area contributed by atoms with E-state index in [2.05, 4.69) is 16.7 Å². The van der Waals surface area contributed by atoms with Gasteiger partial charge >= 0.3 is 12.0 Å². The Morgan fingerprint density at radius 2 is 1.63 bits per heavy atom. The van der Waals surface area contributed by atoms with E-state index in [1.807, 2.05) is 24.3 Å². The van der Waals surface area contributed by atoms with Gasteiger partial charge in [-0.25, -0.2) is 9.59 Å². The van der Waals surface area contributed by atoms with Crippen LogP contribution >= 0.6 is 0 Å². The molecule has 2 aliphatic carbocycles. The van der Waals surface area contributed by atoms with Crippen molar-refractivity contribution in [1.29, 1.82) is 0 Å². The van der Waals surface area contributed by atoms with E-state index in [1.165, 1.54) is 16.9 Å². The molecule has 6 rings (SSSR count). The fourth-order valence-electron chi connectivity index (χ4n) is 5.75. The number of aliphatic carboxylic acids is 1. The van der Waals surface area contributed by atoms with E-state index in [0.717, 1.165) is 37.7 Å². The third-order valence-electron chi connectivity index (χ3n) is 8.47. The van der Waals surface area contributed by atoms with Crippen LogP contribution in [0.1, 0.15) is 80.7 Å². The fraction of sp³-hybridized carbons (Fsp3) is 0.286. The highest BCUT2D eigenvalue weighted by Crippen LogP contribution is 2.36. The van der Waals surface area contributed by atoms with Crippen molar-refractivity contribution in [1.82, 2.24) is 10.2 Å². The molecule has 1 atom stereocenters. The van der Waals surface area contributed by atoms with Crippen molar-refractivity contribution in [2.24, 2.45) is 0 Å². The highest BCUT2D eigenvalue weighted by atomic mass is 16.4. The number of carboxylic acid groups (broad SMARTS) is 1. The molecule has 0 unspecified atom stereocenters. The second-order valence-electron chi connectivity index (χ2n) is 11.8. The Labute approximate surface area is 265 Å². The van der Waals surface area contributed by atoms with Gasteiger partial charge in [0.2, 0.25) is 0 Å². The highest BCUT2D eigenvalue weighted by molar-refractivity contribution is 6.22. The number of nitrogens with one attached hydrogen (secondary N) is 2. The predicted molar refractivity (Wildman–Crippen MR) is 170 cm³/mol. The Morgan fingerprint density at radius 1 is 0.913 bits per heavy atom. The van der Waals surface area contributed by atoms with E-state index in [9.17, 15) is 29.1 Å². The van der Waals surface area contributed by atoms with Gasteiger partial charge in [-0.3, -0.25) is 24.2 Å². The number of carboxylic acids is 1. The lowest BCUT2D eigenvalue weighted by Crippen LogP contribution is -2.36. The molecular weight excluding hydrogens is 588 g/mol. The van der Waals surface area contributed by atoms with Crippen molar-refractivity contribution >= 4 is 46.7 Å². The predicted octanol–water partition coefficient (Wildman–Crippen LogP) is 4.82. The molecule has 1 saturated carbocycles. The summed E-state index contributed by atoms with van der Waals surface area (Å²) in [6.45, 7) is -0.289. The van der Waals surface area contributed by atoms with Gasteiger partial charge in [-0.15, -0.1) is 0 Å². The number of aliphatic hydroxyl groups excluding tert-OH is 1. The number of carbonyl (C=O) groups excluding carboxylic acids is 4. The minimum absolute atomic E-state index is 0.0536. The smallest absolute Gasteiger partial charge is 0.334 e. The largest absolute Gasteiger partial charge is 0.479 e. The maximum atomic E-state index is 13.8. The van der Waals surface area contributed by atoms with Crippen LogP contribution in [-0.4, -0.2) is 63.5 Å². The summed E-state index contributed by atoms with van der Waals surface area (Å²) in [5.74, 6) is -2.62. The first kappa shape index (κ1) is 30.7. The molecule has 5 amide bonds. The van der Waals surface area contributed by atoms with Gasteiger partial charge in [-0.05, 0) is 97.7 Å². The Morgan fingerprint density at radius 3 is 2.28 bits per heavy atom. The molecule has 0 aromatic heterocycles. The number of anilines is 2. The van der Waals surface area contributed by atoms with Crippen LogP contribution in [0.5, 0.6) is 0 Å². The molecule has 4 N–H and O–H groups in total.